The summed E-state index contributed by atoms with van der Waals surface area (Å²) in [7, 11) is 0. The van der Waals surface area contributed by atoms with Gasteiger partial charge in [0.25, 0.3) is 5.91 Å². The van der Waals surface area contributed by atoms with Gasteiger partial charge in [-0.1, -0.05) is 6.07 Å². The topological polar surface area (TPSA) is 70.7 Å². The molecule has 0 aliphatic rings. The summed E-state index contributed by atoms with van der Waals surface area (Å²) in [5, 5.41) is 10.5. The minimum absolute atomic E-state index is 0.198. The molecule has 20 heavy (non-hydrogen) atoms. The second-order valence-corrected chi connectivity index (χ2v) is 5.30. The number of aryl methyl sites for hydroxylation is 1. The number of carbonyl (C=O) groups is 1. The van der Waals surface area contributed by atoms with Crippen LogP contribution in [0.4, 0.5) is 5.82 Å². The Balaban J connectivity index is 1.86. The van der Waals surface area contributed by atoms with Gasteiger partial charge in [-0.3, -0.25) is 9.89 Å². The van der Waals surface area contributed by atoms with Crippen LogP contribution in [0.2, 0.25) is 0 Å². The van der Waals surface area contributed by atoms with Gasteiger partial charge in [-0.2, -0.15) is 5.10 Å². The van der Waals surface area contributed by atoms with E-state index in [0.717, 1.165) is 20.9 Å². The van der Waals surface area contributed by atoms with Crippen molar-refractivity contribution in [1.82, 2.24) is 15.2 Å². The zero-order valence-corrected chi connectivity index (χ0v) is 12.2. The van der Waals surface area contributed by atoms with Gasteiger partial charge in [-0.05, 0) is 46.6 Å². The third-order valence-electron chi connectivity index (χ3n) is 2.99. The predicted octanol–water partition coefficient (Wildman–Crippen LogP) is 3.28. The fraction of sp³-hybridized carbons (Fsp3) is 0.0714. The molecule has 0 fully saturated rings. The van der Waals surface area contributed by atoms with E-state index in [4.69, 9.17) is 0 Å². The molecule has 2 N–H and O–H groups in total. The molecule has 2 aromatic heterocycles. The number of benzene rings is 1. The molecule has 2 heterocycles. The number of nitrogens with zero attached hydrogens (tertiary/aromatic N) is 2. The normalized spacial score (nSPS) is 10.7. The fourth-order valence-electron chi connectivity index (χ4n) is 1.87. The minimum atomic E-state index is -0.198. The van der Waals surface area contributed by atoms with Crippen molar-refractivity contribution in [2.75, 3.05) is 5.32 Å². The third kappa shape index (κ3) is 2.42. The van der Waals surface area contributed by atoms with E-state index >= 15 is 0 Å². The number of hydrogen-bond donors (Lipinski definition) is 2. The Morgan fingerprint density at radius 3 is 2.95 bits per heavy atom. The standard InChI is InChI=1S/C14H11BrN4O/c1-8-4-13(16-7-11(8)15)18-14(20)9-2-3-10-6-17-19-12(10)5-9/h2-7H,1H3,(H,17,19)(H,16,18,20). The number of rotatable bonds is 2. The number of carbonyl (C=O) groups excluding carboxylic acids is 1. The molecule has 0 saturated heterocycles. The number of aromatic amines is 1. The molecule has 3 aromatic rings. The number of aromatic nitrogens is 3. The Morgan fingerprint density at radius 2 is 2.15 bits per heavy atom. The summed E-state index contributed by atoms with van der Waals surface area (Å²) < 4.78 is 0.911. The lowest BCUT2D eigenvalue weighted by Crippen LogP contribution is -2.13. The molecule has 1 aromatic carbocycles. The second kappa shape index (κ2) is 5.05. The van der Waals surface area contributed by atoms with E-state index in [1.807, 2.05) is 19.1 Å². The summed E-state index contributed by atoms with van der Waals surface area (Å²) in [4.78, 5) is 16.3. The van der Waals surface area contributed by atoms with Crippen LogP contribution in [0.25, 0.3) is 10.9 Å². The van der Waals surface area contributed by atoms with Crippen molar-refractivity contribution in [1.29, 1.82) is 0 Å². The van der Waals surface area contributed by atoms with Gasteiger partial charge in [-0.25, -0.2) is 4.98 Å². The average Bonchev–Trinajstić information content (AvgIpc) is 2.90. The van der Waals surface area contributed by atoms with Crippen molar-refractivity contribution in [3.63, 3.8) is 0 Å². The molecular formula is C14H11BrN4O. The number of fused-ring (bicyclic) bond motifs is 1. The Hall–Kier alpha value is -2.21. The maximum atomic E-state index is 12.2. The van der Waals surface area contributed by atoms with Crippen LogP contribution in [0.3, 0.4) is 0 Å². The van der Waals surface area contributed by atoms with Crippen LogP contribution in [0.15, 0.2) is 41.1 Å². The lowest BCUT2D eigenvalue weighted by Gasteiger charge is -2.06. The van der Waals surface area contributed by atoms with E-state index in [9.17, 15) is 4.79 Å². The summed E-state index contributed by atoms with van der Waals surface area (Å²) in [6.07, 6.45) is 3.39. The highest BCUT2D eigenvalue weighted by Gasteiger charge is 2.09. The molecule has 0 atom stereocenters. The monoisotopic (exact) mass is 330 g/mol. The highest BCUT2D eigenvalue weighted by molar-refractivity contribution is 9.10. The molecule has 6 heteroatoms. The molecule has 0 saturated carbocycles. The first-order valence-corrected chi connectivity index (χ1v) is 6.79. The first-order valence-electron chi connectivity index (χ1n) is 6.00. The van der Waals surface area contributed by atoms with Crippen molar-refractivity contribution in [2.24, 2.45) is 0 Å². The van der Waals surface area contributed by atoms with E-state index in [-0.39, 0.29) is 5.91 Å². The third-order valence-corrected chi connectivity index (χ3v) is 3.82. The van der Waals surface area contributed by atoms with E-state index in [0.29, 0.717) is 11.4 Å². The first-order chi connectivity index (χ1) is 9.63. The Kier molecular flexibility index (Phi) is 3.23. The van der Waals surface area contributed by atoms with Crippen molar-refractivity contribution in [2.45, 2.75) is 6.92 Å². The number of pyridine rings is 1. The number of halogens is 1. The van der Waals surface area contributed by atoms with Crippen molar-refractivity contribution in [3.05, 3.63) is 52.3 Å². The van der Waals surface area contributed by atoms with Gasteiger partial charge in [-0.15, -0.1) is 0 Å². The van der Waals surface area contributed by atoms with Gasteiger partial charge in [0.1, 0.15) is 5.82 Å². The van der Waals surface area contributed by atoms with Crippen LogP contribution in [-0.4, -0.2) is 21.1 Å². The van der Waals surface area contributed by atoms with Crippen LogP contribution in [0, 0.1) is 6.92 Å². The quantitative estimate of drug-likeness (QED) is 0.757. The molecule has 0 unspecified atom stereocenters. The molecule has 1 amide bonds. The average molecular weight is 331 g/mol. The molecule has 0 aliphatic carbocycles. The van der Waals surface area contributed by atoms with Crippen molar-refractivity contribution in [3.8, 4) is 0 Å². The van der Waals surface area contributed by atoms with Crippen LogP contribution in [0.5, 0.6) is 0 Å². The number of anilines is 1. The number of nitrogens with one attached hydrogen (secondary N) is 2. The van der Waals surface area contributed by atoms with Gasteiger partial charge in [0.15, 0.2) is 0 Å². The Labute approximate surface area is 123 Å². The molecule has 0 radical (unpaired) electrons. The van der Waals surface area contributed by atoms with E-state index in [2.05, 4.69) is 36.4 Å². The minimum Gasteiger partial charge on any atom is -0.307 e. The van der Waals surface area contributed by atoms with E-state index in [1.165, 1.54) is 0 Å². The second-order valence-electron chi connectivity index (χ2n) is 4.44. The van der Waals surface area contributed by atoms with Crippen LogP contribution in [-0.2, 0) is 0 Å². The van der Waals surface area contributed by atoms with Gasteiger partial charge >= 0.3 is 0 Å². The fourth-order valence-corrected chi connectivity index (χ4v) is 2.09. The number of amides is 1. The lowest BCUT2D eigenvalue weighted by molar-refractivity contribution is 0.102. The molecule has 0 spiro atoms. The zero-order chi connectivity index (χ0) is 14.1. The van der Waals surface area contributed by atoms with Crippen molar-refractivity contribution < 1.29 is 4.79 Å². The molecular weight excluding hydrogens is 320 g/mol. The first kappa shape index (κ1) is 12.8. The Morgan fingerprint density at radius 1 is 1.30 bits per heavy atom. The van der Waals surface area contributed by atoms with Crippen LogP contribution < -0.4 is 5.32 Å². The molecule has 0 aliphatic heterocycles. The molecule has 0 bridgehead atoms. The molecule has 3 rings (SSSR count). The van der Waals surface area contributed by atoms with Crippen LogP contribution in [0.1, 0.15) is 15.9 Å². The highest BCUT2D eigenvalue weighted by Crippen LogP contribution is 2.18. The lowest BCUT2D eigenvalue weighted by atomic mass is 10.1. The maximum absolute atomic E-state index is 12.2. The Bertz CT molecular complexity index is 797. The number of H-pyrrole nitrogens is 1. The summed E-state index contributed by atoms with van der Waals surface area (Å²) in [5.74, 6) is 0.330. The van der Waals surface area contributed by atoms with E-state index in [1.54, 1.807) is 24.5 Å². The highest BCUT2D eigenvalue weighted by atomic mass is 79.9. The van der Waals surface area contributed by atoms with Crippen LogP contribution >= 0.6 is 15.9 Å². The SMILES string of the molecule is Cc1cc(NC(=O)c2ccc3cn[nH]c3c2)ncc1Br. The van der Waals surface area contributed by atoms with Gasteiger partial charge in [0.05, 0.1) is 11.7 Å². The van der Waals surface area contributed by atoms with Gasteiger partial charge < -0.3 is 5.32 Å². The van der Waals surface area contributed by atoms with Gasteiger partial charge in [0, 0.05) is 21.6 Å². The molecule has 100 valence electrons. The zero-order valence-electron chi connectivity index (χ0n) is 10.6. The van der Waals surface area contributed by atoms with Gasteiger partial charge in [0.2, 0.25) is 0 Å². The maximum Gasteiger partial charge on any atom is 0.256 e. The molecule has 5 nitrogen and oxygen atoms in total. The summed E-state index contributed by atoms with van der Waals surface area (Å²) >= 11 is 3.38. The van der Waals surface area contributed by atoms with E-state index < -0.39 is 0 Å². The smallest absolute Gasteiger partial charge is 0.256 e. The summed E-state index contributed by atoms with van der Waals surface area (Å²) in [6, 6.07) is 7.20. The summed E-state index contributed by atoms with van der Waals surface area (Å²) in [5.41, 5.74) is 2.40. The number of hydrogen-bond acceptors (Lipinski definition) is 3. The largest absolute Gasteiger partial charge is 0.307 e. The summed E-state index contributed by atoms with van der Waals surface area (Å²) in [6.45, 7) is 1.94. The predicted molar refractivity (Wildman–Crippen MR) is 80.7 cm³/mol. The van der Waals surface area contributed by atoms with Crippen molar-refractivity contribution >= 4 is 38.6 Å².